The first-order valence-electron chi connectivity index (χ1n) is 3.82. The molecule has 0 heterocycles. The minimum absolute atomic E-state index is 1.03. The topological polar surface area (TPSA) is 3.24 Å². The van der Waals surface area contributed by atoms with E-state index in [-0.39, 0.29) is 0 Å². The molecule has 0 radical (unpaired) electrons. The van der Waals surface area contributed by atoms with Gasteiger partial charge in [-0.05, 0) is 19.4 Å². The lowest BCUT2D eigenvalue weighted by atomic mass is 10.3. The van der Waals surface area contributed by atoms with Crippen LogP contribution in [0.5, 0.6) is 0 Å². The zero-order valence-corrected chi connectivity index (χ0v) is 7.06. The van der Waals surface area contributed by atoms with Crippen LogP contribution in [0.15, 0.2) is 24.9 Å². The second-order valence-electron chi connectivity index (χ2n) is 2.28. The fraction of sp³-hybridized carbons (Fsp3) is 0.556. The normalized spacial score (nSPS) is 9.00. The van der Waals surface area contributed by atoms with Crippen molar-refractivity contribution in [2.24, 2.45) is 0 Å². The maximum Gasteiger partial charge on any atom is 0.0287 e. The van der Waals surface area contributed by atoms with E-state index in [1.54, 1.807) is 6.08 Å². The molecule has 0 spiro atoms. The SMILES string of the molecule is C=CC(=C)N(CC)CCC. The summed E-state index contributed by atoms with van der Waals surface area (Å²) >= 11 is 0. The zero-order chi connectivity index (χ0) is 7.98. The van der Waals surface area contributed by atoms with Crippen LogP contribution < -0.4 is 0 Å². The molecule has 0 N–H and O–H groups in total. The highest BCUT2D eigenvalue weighted by molar-refractivity contribution is 5.09. The van der Waals surface area contributed by atoms with Crippen LogP contribution in [0.1, 0.15) is 20.3 Å². The van der Waals surface area contributed by atoms with Gasteiger partial charge in [-0.25, -0.2) is 0 Å². The molecule has 0 saturated heterocycles. The zero-order valence-electron chi connectivity index (χ0n) is 7.06. The molecular formula is C9H17N. The second-order valence-corrected chi connectivity index (χ2v) is 2.28. The predicted octanol–water partition coefficient (Wildman–Crippen LogP) is 2.42. The first kappa shape index (κ1) is 9.28. The molecular weight excluding hydrogens is 122 g/mol. The van der Waals surface area contributed by atoms with Crippen molar-refractivity contribution in [1.29, 1.82) is 0 Å². The molecule has 0 aliphatic rings. The Hall–Kier alpha value is -0.720. The Kier molecular flexibility index (Phi) is 4.73. The predicted molar refractivity (Wildman–Crippen MR) is 46.9 cm³/mol. The first-order valence-corrected chi connectivity index (χ1v) is 3.82. The highest BCUT2D eigenvalue weighted by atomic mass is 15.1. The van der Waals surface area contributed by atoms with Gasteiger partial charge in [-0.2, -0.15) is 0 Å². The molecule has 0 atom stereocenters. The van der Waals surface area contributed by atoms with Gasteiger partial charge in [-0.1, -0.05) is 20.1 Å². The summed E-state index contributed by atoms with van der Waals surface area (Å²) in [5, 5.41) is 0. The summed E-state index contributed by atoms with van der Waals surface area (Å²) < 4.78 is 0. The van der Waals surface area contributed by atoms with Gasteiger partial charge in [0.15, 0.2) is 0 Å². The van der Waals surface area contributed by atoms with Crippen LogP contribution in [0, 0.1) is 0 Å². The van der Waals surface area contributed by atoms with Crippen molar-refractivity contribution in [3.63, 3.8) is 0 Å². The molecule has 10 heavy (non-hydrogen) atoms. The van der Waals surface area contributed by atoms with Crippen LogP contribution in [-0.2, 0) is 0 Å². The molecule has 0 aliphatic heterocycles. The first-order chi connectivity index (χ1) is 4.76. The molecule has 0 bridgehead atoms. The fourth-order valence-corrected chi connectivity index (χ4v) is 0.904. The summed E-state index contributed by atoms with van der Waals surface area (Å²) in [4.78, 5) is 2.22. The summed E-state index contributed by atoms with van der Waals surface area (Å²) in [6.07, 6.45) is 2.97. The molecule has 0 aromatic rings. The highest BCUT2D eigenvalue weighted by Gasteiger charge is 1.97. The van der Waals surface area contributed by atoms with E-state index in [0.29, 0.717) is 0 Å². The lowest BCUT2D eigenvalue weighted by Gasteiger charge is -2.21. The van der Waals surface area contributed by atoms with Gasteiger partial charge in [0.1, 0.15) is 0 Å². The van der Waals surface area contributed by atoms with E-state index in [1.165, 1.54) is 6.42 Å². The van der Waals surface area contributed by atoms with Crippen LogP contribution in [0.25, 0.3) is 0 Å². The van der Waals surface area contributed by atoms with E-state index in [9.17, 15) is 0 Å². The molecule has 0 fully saturated rings. The Morgan fingerprint density at radius 2 is 2.10 bits per heavy atom. The van der Waals surface area contributed by atoms with E-state index in [4.69, 9.17) is 0 Å². The van der Waals surface area contributed by atoms with Crippen LogP contribution in [0.3, 0.4) is 0 Å². The standard InChI is InChI=1S/C9H17N/c1-5-8-10(7-3)9(4)6-2/h6H,2,4-5,7-8H2,1,3H3. The molecule has 0 unspecified atom stereocenters. The number of hydrogen-bond acceptors (Lipinski definition) is 1. The Morgan fingerprint density at radius 3 is 2.40 bits per heavy atom. The van der Waals surface area contributed by atoms with Crippen molar-refractivity contribution in [1.82, 2.24) is 4.90 Å². The Balaban J connectivity index is 3.79. The van der Waals surface area contributed by atoms with Gasteiger partial charge in [0.25, 0.3) is 0 Å². The third-order valence-electron chi connectivity index (χ3n) is 1.52. The fourth-order valence-electron chi connectivity index (χ4n) is 0.904. The summed E-state index contributed by atoms with van der Waals surface area (Å²) in [7, 11) is 0. The van der Waals surface area contributed by atoms with E-state index < -0.39 is 0 Å². The Labute approximate surface area is 64.0 Å². The van der Waals surface area contributed by atoms with Crippen molar-refractivity contribution in [2.45, 2.75) is 20.3 Å². The highest BCUT2D eigenvalue weighted by Crippen LogP contribution is 2.01. The van der Waals surface area contributed by atoms with E-state index in [2.05, 4.69) is 31.9 Å². The number of likely N-dealkylation sites (N-methyl/N-ethyl adjacent to an activating group) is 1. The Bertz CT molecular complexity index is 116. The number of nitrogens with zero attached hydrogens (tertiary/aromatic N) is 1. The lowest BCUT2D eigenvalue weighted by Crippen LogP contribution is -2.21. The third kappa shape index (κ3) is 2.72. The van der Waals surface area contributed by atoms with E-state index in [0.717, 1.165) is 18.8 Å². The van der Waals surface area contributed by atoms with Crippen LogP contribution in [0.4, 0.5) is 0 Å². The average Bonchev–Trinajstić information content (AvgIpc) is 1.99. The van der Waals surface area contributed by atoms with Gasteiger partial charge in [-0.15, -0.1) is 0 Å². The third-order valence-corrected chi connectivity index (χ3v) is 1.52. The largest absolute Gasteiger partial charge is 0.372 e. The molecule has 58 valence electrons. The maximum atomic E-state index is 3.87. The molecule has 0 rings (SSSR count). The minimum Gasteiger partial charge on any atom is -0.372 e. The summed E-state index contributed by atoms with van der Waals surface area (Å²) in [6.45, 7) is 13.9. The molecule has 0 aromatic carbocycles. The second kappa shape index (κ2) is 5.10. The maximum absolute atomic E-state index is 3.87. The van der Waals surface area contributed by atoms with Crippen LogP contribution in [-0.4, -0.2) is 18.0 Å². The lowest BCUT2D eigenvalue weighted by molar-refractivity contribution is 0.375. The minimum atomic E-state index is 1.03. The average molecular weight is 139 g/mol. The summed E-state index contributed by atoms with van der Waals surface area (Å²) in [5.74, 6) is 0. The quantitative estimate of drug-likeness (QED) is 0.529. The van der Waals surface area contributed by atoms with Crippen molar-refractivity contribution >= 4 is 0 Å². The molecule has 0 aliphatic carbocycles. The van der Waals surface area contributed by atoms with E-state index >= 15 is 0 Å². The summed E-state index contributed by atoms with van der Waals surface area (Å²) in [6, 6.07) is 0. The van der Waals surface area contributed by atoms with Crippen molar-refractivity contribution in [3.8, 4) is 0 Å². The molecule has 1 heteroatoms. The smallest absolute Gasteiger partial charge is 0.0287 e. The number of allylic oxidation sites excluding steroid dienone is 1. The van der Waals surface area contributed by atoms with Crippen molar-refractivity contribution < 1.29 is 0 Å². The van der Waals surface area contributed by atoms with Crippen LogP contribution >= 0.6 is 0 Å². The molecule has 0 aromatic heterocycles. The Morgan fingerprint density at radius 1 is 1.50 bits per heavy atom. The van der Waals surface area contributed by atoms with Crippen LogP contribution in [0.2, 0.25) is 0 Å². The van der Waals surface area contributed by atoms with E-state index in [1.807, 2.05) is 0 Å². The monoisotopic (exact) mass is 139 g/mol. The van der Waals surface area contributed by atoms with Gasteiger partial charge in [0, 0.05) is 18.8 Å². The van der Waals surface area contributed by atoms with Crippen molar-refractivity contribution in [3.05, 3.63) is 24.9 Å². The van der Waals surface area contributed by atoms with Crippen molar-refractivity contribution in [2.75, 3.05) is 13.1 Å². The number of hydrogen-bond donors (Lipinski definition) is 0. The molecule has 0 saturated carbocycles. The number of rotatable bonds is 5. The van der Waals surface area contributed by atoms with Gasteiger partial charge < -0.3 is 4.90 Å². The summed E-state index contributed by atoms with van der Waals surface area (Å²) in [5.41, 5.74) is 1.03. The van der Waals surface area contributed by atoms with Gasteiger partial charge >= 0.3 is 0 Å². The molecule has 0 amide bonds. The van der Waals surface area contributed by atoms with Gasteiger partial charge in [0.2, 0.25) is 0 Å². The van der Waals surface area contributed by atoms with Gasteiger partial charge in [0.05, 0.1) is 0 Å². The molecule has 1 nitrogen and oxygen atoms in total. The van der Waals surface area contributed by atoms with Gasteiger partial charge in [-0.3, -0.25) is 0 Å².